The molecule has 2 heterocycles. The van der Waals surface area contributed by atoms with Gasteiger partial charge in [0.15, 0.2) is 0 Å². The molecule has 0 bridgehead atoms. The van der Waals surface area contributed by atoms with Gasteiger partial charge < -0.3 is 34.5 Å². The van der Waals surface area contributed by atoms with Gasteiger partial charge in [-0.05, 0) is 68.1 Å². The minimum atomic E-state index is -4.17. The SMILES string of the molecule is CCOC(=O)C1(OC(=O)N[C@H](C(=O)N2C[C@H](Oc3cc(C4C=CC=CC4)nc4cc(OC)ccc34)CC2C(=O)N[C@]2(C(=O)NS(=O)(=O)C3(Cc4ccccc4)CC3)C[C@H]2CC)C(C)(C)C)CC1. The second-order valence-corrected chi connectivity index (χ2v) is 21.7. The summed E-state index contributed by atoms with van der Waals surface area (Å²) in [6, 6.07) is 14.1. The molecular formula is C50H61N5O11S. The second-order valence-electron chi connectivity index (χ2n) is 19.7. The van der Waals surface area contributed by atoms with Crippen molar-refractivity contribution in [1.82, 2.24) is 25.2 Å². The molecule has 6 atom stereocenters. The molecule has 67 heavy (non-hydrogen) atoms. The molecule has 4 aliphatic carbocycles. The van der Waals surface area contributed by atoms with E-state index in [1.807, 2.05) is 67.6 Å². The van der Waals surface area contributed by atoms with Crippen LogP contribution in [0.2, 0.25) is 0 Å². The van der Waals surface area contributed by atoms with Gasteiger partial charge in [-0.15, -0.1) is 0 Å². The van der Waals surface area contributed by atoms with Crippen molar-refractivity contribution in [3.8, 4) is 11.5 Å². The van der Waals surface area contributed by atoms with Gasteiger partial charge >= 0.3 is 12.1 Å². The first-order valence-corrected chi connectivity index (χ1v) is 24.7. The van der Waals surface area contributed by atoms with Gasteiger partial charge in [0.2, 0.25) is 27.4 Å². The van der Waals surface area contributed by atoms with Crippen LogP contribution in [0.4, 0.5) is 4.79 Å². The molecule has 3 saturated carbocycles. The Morgan fingerprint density at radius 1 is 0.970 bits per heavy atom. The highest BCUT2D eigenvalue weighted by molar-refractivity contribution is 7.91. The van der Waals surface area contributed by atoms with Crippen molar-refractivity contribution < 1.29 is 51.3 Å². The molecule has 5 aliphatic rings. The van der Waals surface area contributed by atoms with Crippen LogP contribution in [0, 0.1) is 11.3 Å². The van der Waals surface area contributed by atoms with Crippen LogP contribution in [0.3, 0.4) is 0 Å². The highest BCUT2D eigenvalue weighted by Crippen LogP contribution is 2.49. The van der Waals surface area contributed by atoms with Gasteiger partial charge in [-0.2, -0.15) is 0 Å². The fraction of sp³-hybridized carbons (Fsp3) is 0.520. The van der Waals surface area contributed by atoms with Crippen molar-refractivity contribution in [2.45, 2.75) is 132 Å². The Bertz CT molecular complexity index is 2600. The third-order valence-electron chi connectivity index (χ3n) is 13.8. The Kier molecular flexibility index (Phi) is 13.0. The number of benzene rings is 2. The average molecular weight is 940 g/mol. The molecule has 0 radical (unpaired) electrons. The van der Waals surface area contributed by atoms with E-state index in [4.69, 9.17) is 23.9 Å². The van der Waals surface area contributed by atoms with E-state index in [-0.39, 0.29) is 57.1 Å². The summed E-state index contributed by atoms with van der Waals surface area (Å²) in [5.74, 6) is -2.11. The summed E-state index contributed by atoms with van der Waals surface area (Å²) in [6.45, 7) is 8.77. The van der Waals surface area contributed by atoms with Crippen molar-refractivity contribution in [2.75, 3.05) is 20.3 Å². The van der Waals surface area contributed by atoms with Crippen LogP contribution in [0.1, 0.15) is 103 Å². The van der Waals surface area contributed by atoms with Crippen LogP contribution < -0.4 is 24.8 Å². The van der Waals surface area contributed by atoms with Crippen LogP contribution in [-0.2, 0) is 45.1 Å². The number of pyridine rings is 1. The monoisotopic (exact) mass is 939 g/mol. The number of ether oxygens (including phenoxy) is 4. The molecule has 3 N–H and O–H groups in total. The lowest BCUT2D eigenvalue weighted by Crippen LogP contribution is -2.60. The summed E-state index contributed by atoms with van der Waals surface area (Å²) < 4.78 is 52.2. The van der Waals surface area contributed by atoms with Crippen LogP contribution in [0.5, 0.6) is 11.5 Å². The van der Waals surface area contributed by atoms with Gasteiger partial charge in [0.1, 0.15) is 35.2 Å². The number of amides is 4. The molecule has 3 aromatic rings. The van der Waals surface area contributed by atoms with Crippen LogP contribution in [0.25, 0.3) is 10.9 Å². The zero-order valence-electron chi connectivity index (χ0n) is 39.0. The fourth-order valence-corrected chi connectivity index (χ4v) is 11.0. The normalized spacial score (nSPS) is 24.8. The molecule has 358 valence electrons. The number of esters is 1. The molecule has 4 amide bonds. The summed E-state index contributed by atoms with van der Waals surface area (Å²) >= 11 is 0. The number of carbonyl (C=O) groups excluding carboxylic acids is 5. The van der Waals surface area contributed by atoms with Crippen LogP contribution in [-0.4, -0.2) is 102 Å². The predicted molar refractivity (Wildman–Crippen MR) is 248 cm³/mol. The summed E-state index contributed by atoms with van der Waals surface area (Å²) in [5.41, 5.74) is -1.72. The van der Waals surface area contributed by atoms with E-state index in [0.717, 1.165) is 17.7 Å². The molecule has 16 nitrogen and oxygen atoms in total. The zero-order valence-corrected chi connectivity index (χ0v) is 39.8. The molecule has 2 aromatic carbocycles. The summed E-state index contributed by atoms with van der Waals surface area (Å²) in [4.78, 5) is 76.7. The van der Waals surface area contributed by atoms with Crippen molar-refractivity contribution >= 4 is 50.7 Å². The van der Waals surface area contributed by atoms with E-state index in [1.165, 1.54) is 4.90 Å². The maximum atomic E-state index is 15.0. The maximum absolute atomic E-state index is 15.0. The molecule has 17 heteroatoms. The third kappa shape index (κ3) is 9.74. The zero-order chi connectivity index (χ0) is 47.9. The molecule has 0 spiro atoms. The summed E-state index contributed by atoms with van der Waals surface area (Å²) in [5, 5.41) is 6.31. The fourth-order valence-electron chi connectivity index (χ4n) is 9.41. The second kappa shape index (κ2) is 18.3. The number of nitrogens with zero attached hydrogens (tertiary/aromatic N) is 2. The van der Waals surface area contributed by atoms with Crippen molar-refractivity contribution in [3.63, 3.8) is 0 Å². The van der Waals surface area contributed by atoms with E-state index >= 15 is 4.79 Å². The first kappa shape index (κ1) is 47.5. The molecule has 1 aromatic heterocycles. The van der Waals surface area contributed by atoms with Gasteiger partial charge in [-0.1, -0.05) is 88.8 Å². The highest BCUT2D eigenvalue weighted by atomic mass is 32.2. The van der Waals surface area contributed by atoms with E-state index in [9.17, 15) is 27.6 Å². The number of methoxy groups -OCH3 is 1. The Morgan fingerprint density at radius 2 is 1.72 bits per heavy atom. The van der Waals surface area contributed by atoms with E-state index in [0.29, 0.717) is 41.7 Å². The number of sulfonamides is 1. The first-order valence-electron chi connectivity index (χ1n) is 23.2. The van der Waals surface area contributed by atoms with Crippen molar-refractivity contribution in [3.05, 3.63) is 90.2 Å². The van der Waals surface area contributed by atoms with Gasteiger partial charge in [0.25, 0.3) is 5.91 Å². The van der Waals surface area contributed by atoms with E-state index < -0.39 is 79.3 Å². The van der Waals surface area contributed by atoms with Crippen molar-refractivity contribution in [1.29, 1.82) is 0 Å². The molecule has 4 fully saturated rings. The average Bonchev–Trinajstić information content (AvgIpc) is 4.26. The van der Waals surface area contributed by atoms with Gasteiger partial charge in [-0.3, -0.25) is 24.1 Å². The minimum absolute atomic E-state index is 0.0147. The predicted octanol–water partition coefficient (Wildman–Crippen LogP) is 5.93. The standard InChI is InChI=1S/C50H61N5O11S/c1-7-33-29-50(33,44(58)54-67(61,62)48(21-22-48)28-31-15-11-9-12-16-31)53-42(56)39-26-35(65-40-27-37(32-17-13-10-14-18-32)51-38-25-34(63-6)19-20-36(38)40)30-55(39)43(57)41(47(3,4)5)52-46(60)66-49(23-24-49)45(59)64-8-2/h9-17,19-20,25,27,32-33,35,39,41H,7-8,18,21-24,26,28-30H2,1-6H3,(H,52,60)(H,53,56)(H,54,58)/t32?,33-,35-,39?,41-,50-/m1/s1. The van der Waals surface area contributed by atoms with Gasteiger partial charge in [-0.25, -0.2) is 18.0 Å². The van der Waals surface area contributed by atoms with E-state index in [2.05, 4.69) is 27.5 Å². The number of likely N-dealkylation sites (tertiary alicyclic amines) is 1. The lowest BCUT2D eigenvalue weighted by Gasteiger charge is -2.35. The van der Waals surface area contributed by atoms with E-state index in [1.54, 1.807) is 40.9 Å². The summed E-state index contributed by atoms with van der Waals surface area (Å²) in [7, 11) is -2.60. The minimum Gasteiger partial charge on any atom is -0.497 e. The number of fused-ring (bicyclic) bond motifs is 1. The number of rotatable bonds is 17. The Hall–Kier alpha value is -5.97. The molecular weight excluding hydrogens is 879 g/mol. The molecule has 2 unspecified atom stereocenters. The molecule has 1 aliphatic heterocycles. The number of allylic oxidation sites excluding steroid dienone is 4. The number of hydrogen-bond acceptors (Lipinski definition) is 12. The number of nitrogens with one attached hydrogen (secondary N) is 3. The Morgan fingerprint density at radius 3 is 2.33 bits per heavy atom. The van der Waals surface area contributed by atoms with Crippen LogP contribution in [0.15, 0.2) is 78.9 Å². The van der Waals surface area contributed by atoms with Gasteiger partial charge in [0.05, 0.1) is 36.2 Å². The number of aromatic nitrogens is 1. The Balaban J connectivity index is 1.09. The quantitative estimate of drug-likeness (QED) is 0.135. The van der Waals surface area contributed by atoms with Crippen molar-refractivity contribution in [2.24, 2.45) is 11.3 Å². The smallest absolute Gasteiger partial charge is 0.408 e. The largest absolute Gasteiger partial charge is 0.497 e. The lowest BCUT2D eigenvalue weighted by atomic mass is 9.85. The van der Waals surface area contributed by atoms with Gasteiger partial charge in [0, 0.05) is 42.7 Å². The first-order chi connectivity index (χ1) is 31.9. The molecule has 1 saturated heterocycles. The topological polar surface area (TPSA) is 209 Å². The summed E-state index contributed by atoms with van der Waals surface area (Å²) in [6.07, 6.45) is 9.23. The lowest BCUT2D eigenvalue weighted by molar-refractivity contribution is -0.155. The Labute approximate surface area is 391 Å². The third-order valence-corrected chi connectivity index (χ3v) is 16.0. The number of hydrogen-bond donors (Lipinski definition) is 3. The number of alkyl carbamates (subject to hydrolysis) is 1. The molecule has 8 rings (SSSR count). The number of carbonyl (C=O) groups is 5. The maximum Gasteiger partial charge on any atom is 0.408 e. The van der Waals surface area contributed by atoms with Crippen LogP contribution >= 0.6 is 0 Å². The highest BCUT2D eigenvalue weighted by Gasteiger charge is 2.64.